The molecular weight excluding hydrogens is 312 g/mol. The number of rotatable bonds is 10. The first-order valence-corrected chi connectivity index (χ1v) is 9.46. The van der Waals surface area contributed by atoms with Crippen molar-refractivity contribution in [3.05, 3.63) is 47.0 Å². The Morgan fingerprint density at radius 2 is 1.92 bits per heavy atom. The second-order valence-corrected chi connectivity index (χ2v) is 6.67. The van der Waals surface area contributed by atoms with Crippen LogP contribution in [0, 0.1) is 0 Å². The molecule has 0 saturated carbocycles. The maximum atomic E-state index is 12.2. The molecule has 0 unspecified atom stereocenters. The van der Waals surface area contributed by atoms with E-state index in [4.69, 9.17) is 0 Å². The van der Waals surface area contributed by atoms with Crippen molar-refractivity contribution in [2.75, 3.05) is 19.6 Å². The SMILES string of the molecule is CCCCCc1ccc(C(=O)CCC(=O)NCC2=CCNCC2)cc1. The maximum Gasteiger partial charge on any atom is 0.220 e. The molecule has 0 radical (unpaired) electrons. The fourth-order valence-electron chi connectivity index (χ4n) is 2.94. The summed E-state index contributed by atoms with van der Waals surface area (Å²) in [6.45, 7) is 4.63. The molecule has 0 fully saturated rings. The van der Waals surface area contributed by atoms with Crippen molar-refractivity contribution >= 4 is 11.7 Å². The molecule has 4 heteroatoms. The zero-order valence-corrected chi connectivity index (χ0v) is 15.3. The lowest BCUT2D eigenvalue weighted by molar-refractivity contribution is -0.120. The number of benzene rings is 1. The Balaban J connectivity index is 1.70. The fraction of sp³-hybridized carbons (Fsp3) is 0.524. The predicted molar refractivity (Wildman–Crippen MR) is 102 cm³/mol. The Hall–Kier alpha value is -1.94. The highest BCUT2D eigenvalue weighted by Gasteiger charge is 2.10. The molecule has 0 spiro atoms. The van der Waals surface area contributed by atoms with Crippen molar-refractivity contribution in [3.63, 3.8) is 0 Å². The third kappa shape index (κ3) is 7.22. The van der Waals surface area contributed by atoms with E-state index < -0.39 is 0 Å². The van der Waals surface area contributed by atoms with Crippen LogP contribution in [-0.4, -0.2) is 31.3 Å². The summed E-state index contributed by atoms with van der Waals surface area (Å²) >= 11 is 0. The lowest BCUT2D eigenvalue weighted by Gasteiger charge is -2.14. The minimum absolute atomic E-state index is 0.0383. The summed E-state index contributed by atoms with van der Waals surface area (Å²) in [6, 6.07) is 7.85. The van der Waals surface area contributed by atoms with Gasteiger partial charge in [0.2, 0.25) is 5.91 Å². The van der Waals surface area contributed by atoms with Crippen LogP contribution in [-0.2, 0) is 11.2 Å². The number of hydrogen-bond donors (Lipinski definition) is 2. The molecule has 1 amide bonds. The fourth-order valence-corrected chi connectivity index (χ4v) is 2.94. The lowest BCUT2D eigenvalue weighted by atomic mass is 10.0. The zero-order chi connectivity index (χ0) is 17.9. The molecule has 1 aliphatic heterocycles. The zero-order valence-electron chi connectivity index (χ0n) is 15.3. The summed E-state index contributed by atoms with van der Waals surface area (Å²) in [5.74, 6) is -0.0136. The number of amides is 1. The molecule has 2 N–H and O–H groups in total. The van der Waals surface area contributed by atoms with Crippen molar-refractivity contribution in [1.29, 1.82) is 0 Å². The average molecular weight is 342 g/mol. The standard InChI is InChI=1S/C21H30N2O2/c1-2-3-4-5-17-6-8-19(9-7-17)20(24)10-11-21(25)23-16-18-12-14-22-15-13-18/h6-9,12,22H,2-5,10-11,13-16H2,1H3,(H,23,25). The summed E-state index contributed by atoms with van der Waals surface area (Å²) < 4.78 is 0. The molecule has 1 aromatic rings. The van der Waals surface area contributed by atoms with Gasteiger partial charge in [-0.15, -0.1) is 0 Å². The molecule has 1 heterocycles. The van der Waals surface area contributed by atoms with Crippen LogP contribution >= 0.6 is 0 Å². The van der Waals surface area contributed by atoms with Gasteiger partial charge in [0.1, 0.15) is 0 Å². The van der Waals surface area contributed by atoms with Crippen LogP contribution in [0.4, 0.5) is 0 Å². The number of ketones is 1. The number of hydrogen-bond acceptors (Lipinski definition) is 3. The van der Waals surface area contributed by atoms with Gasteiger partial charge in [-0.3, -0.25) is 9.59 Å². The molecule has 0 saturated heterocycles. The van der Waals surface area contributed by atoms with E-state index in [1.165, 1.54) is 30.4 Å². The summed E-state index contributed by atoms with van der Waals surface area (Å²) in [7, 11) is 0. The van der Waals surface area contributed by atoms with E-state index in [0.717, 1.165) is 25.9 Å². The number of nitrogens with one attached hydrogen (secondary N) is 2. The van der Waals surface area contributed by atoms with Crippen molar-refractivity contribution in [3.8, 4) is 0 Å². The first-order valence-electron chi connectivity index (χ1n) is 9.46. The minimum atomic E-state index is -0.0519. The highest BCUT2D eigenvalue weighted by molar-refractivity contribution is 5.97. The number of Topliss-reactive ketones (excluding diaryl/α,β-unsaturated/α-hetero) is 1. The van der Waals surface area contributed by atoms with E-state index >= 15 is 0 Å². The topological polar surface area (TPSA) is 58.2 Å². The number of unbranched alkanes of at least 4 members (excludes halogenated alkanes) is 2. The lowest BCUT2D eigenvalue weighted by Crippen LogP contribution is -2.29. The normalized spacial score (nSPS) is 14.0. The molecular formula is C21H30N2O2. The average Bonchev–Trinajstić information content (AvgIpc) is 2.66. The van der Waals surface area contributed by atoms with Gasteiger partial charge >= 0.3 is 0 Å². The van der Waals surface area contributed by atoms with E-state index in [2.05, 4.69) is 23.6 Å². The monoisotopic (exact) mass is 342 g/mol. The largest absolute Gasteiger partial charge is 0.352 e. The molecule has 0 aliphatic carbocycles. The second kappa shape index (κ2) is 10.8. The minimum Gasteiger partial charge on any atom is -0.352 e. The molecule has 0 aromatic heterocycles. The van der Waals surface area contributed by atoms with Crippen LogP contribution in [0.15, 0.2) is 35.9 Å². The van der Waals surface area contributed by atoms with E-state index in [9.17, 15) is 9.59 Å². The van der Waals surface area contributed by atoms with E-state index in [1.54, 1.807) is 0 Å². The number of carbonyl (C=O) groups excluding carboxylic acids is 2. The van der Waals surface area contributed by atoms with E-state index in [-0.39, 0.29) is 24.5 Å². The van der Waals surface area contributed by atoms with Gasteiger partial charge in [0.05, 0.1) is 0 Å². The first-order chi connectivity index (χ1) is 12.2. The summed E-state index contributed by atoms with van der Waals surface area (Å²) in [5, 5.41) is 6.15. The van der Waals surface area contributed by atoms with Gasteiger partial charge in [0, 0.05) is 31.5 Å². The van der Waals surface area contributed by atoms with Crippen LogP contribution in [0.5, 0.6) is 0 Å². The quantitative estimate of drug-likeness (QED) is 0.389. The Morgan fingerprint density at radius 3 is 2.60 bits per heavy atom. The van der Waals surface area contributed by atoms with Crippen LogP contribution in [0.3, 0.4) is 0 Å². The first kappa shape index (κ1) is 19.4. The maximum absolute atomic E-state index is 12.2. The van der Waals surface area contributed by atoms with E-state index in [0.29, 0.717) is 12.1 Å². The van der Waals surface area contributed by atoms with Crippen LogP contribution < -0.4 is 10.6 Å². The third-order valence-corrected chi connectivity index (χ3v) is 4.59. The van der Waals surface area contributed by atoms with Crippen LogP contribution in [0.25, 0.3) is 0 Å². The van der Waals surface area contributed by atoms with Crippen molar-refractivity contribution < 1.29 is 9.59 Å². The van der Waals surface area contributed by atoms with Gasteiger partial charge in [0.15, 0.2) is 5.78 Å². The number of carbonyl (C=O) groups is 2. The van der Waals surface area contributed by atoms with Gasteiger partial charge < -0.3 is 10.6 Å². The summed E-state index contributed by atoms with van der Waals surface area (Å²) in [5.41, 5.74) is 3.24. The number of aryl methyl sites for hydroxylation is 1. The molecule has 0 atom stereocenters. The van der Waals surface area contributed by atoms with Crippen molar-refractivity contribution in [2.45, 2.75) is 51.9 Å². The molecule has 25 heavy (non-hydrogen) atoms. The van der Waals surface area contributed by atoms with Gasteiger partial charge in [-0.25, -0.2) is 0 Å². The Labute approximate surface area is 151 Å². The van der Waals surface area contributed by atoms with Gasteiger partial charge in [-0.05, 0) is 31.4 Å². The Morgan fingerprint density at radius 1 is 1.12 bits per heavy atom. The molecule has 0 bridgehead atoms. The molecule has 1 aliphatic rings. The highest BCUT2D eigenvalue weighted by atomic mass is 16.2. The summed E-state index contributed by atoms with van der Waals surface area (Å²) in [6.07, 6.45) is 8.33. The predicted octanol–water partition coefficient (Wildman–Crippen LogP) is 3.42. The second-order valence-electron chi connectivity index (χ2n) is 6.67. The molecule has 4 nitrogen and oxygen atoms in total. The molecule has 1 aromatic carbocycles. The summed E-state index contributed by atoms with van der Waals surface area (Å²) in [4.78, 5) is 24.1. The van der Waals surface area contributed by atoms with Crippen LogP contribution in [0.1, 0.15) is 61.4 Å². The van der Waals surface area contributed by atoms with Gasteiger partial charge in [0.25, 0.3) is 0 Å². The van der Waals surface area contributed by atoms with E-state index in [1.807, 2.05) is 24.3 Å². The highest BCUT2D eigenvalue weighted by Crippen LogP contribution is 2.11. The Bertz CT molecular complexity index is 590. The molecule has 2 rings (SSSR count). The Kier molecular flexibility index (Phi) is 8.40. The smallest absolute Gasteiger partial charge is 0.220 e. The van der Waals surface area contributed by atoms with Crippen molar-refractivity contribution in [1.82, 2.24) is 10.6 Å². The van der Waals surface area contributed by atoms with Gasteiger partial charge in [-0.1, -0.05) is 55.7 Å². The molecule has 136 valence electrons. The van der Waals surface area contributed by atoms with Gasteiger partial charge in [-0.2, -0.15) is 0 Å². The van der Waals surface area contributed by atoms with Crippen LogP contribution in [0.2, 0.25) is 0 Å². The third-order valence-electron chi connectivity index (χ3n) is 4.59. The van der Waals surface area contributed by atoms with Crippen molar-refractivity contribution in [2.24, 2.45) is 0 Å².